The summed E-state index contributed by atoms with van der Waals surface area (Å²) in [4.78, 5) is 39.9. The number of amides is 2. The summed E-state index contributed by atoms with van der Waals surface area (Å²) in [5.41, 5.74) is 2.56. The van der Waals surface area contributed by atoms with Crippen LogP contribution in [0.5, 0.6) is 0 Å². The quantitative estimate of drug-likeness (QED) is 0.559. The number of benzene rings is 2. The van der Waals surface area contributed by atoms with Crippen LogP contribution in [-0.2, 0) is 23.8 Å². The second-order valence-corrected chi connectivity index (χ2v) is 11.2. The summed E-state index contributed by atoms with van der Waals surface area (Å²) in [5, 5.41) is 12.4. The zero-order valence-corrected chi connectivity index (χ0v) is 22.7. The van der Waals surface area contributed by atoms with Gasteiger partial charge < -0.3 is 24.6 Å². The van der Waals surface area contributed by atoms with Crippen molar-refractivity contribution >= 4 is 18.0 Å². The Bertz CT molecular complexity index is 1170. The van der Waals surface area contributed by atoms with Gasteiger partial charge in [0, 0.05) is 5.92 Å². The summed E-state index contributed by atoms with van der Waals surface area (Å²) in [6, 6.07) is 13.6. The topological polar surface area (TPSA) is 114 Å². The van der Waals surface area contributed by atoms with Crippen molar-refractivity contribution in [2.24, 2.45) is 0 Å². The summed E-state index contributed by atoms with van der Waals surface area (Å²) >= 11 is 0. The molecule has 3 atom stereocenters. The lowest BCUT2D eigenvalue weighted by atomic mass is 9.98. The van der Waals surface area contributed by atoms with E-state index in [9.17, 15) is 19.5 Å². The van der Waals surface area contributed by atoms with Crippen LogP contribution in [0.25, 0.3) is 11.1 Å². The smallest absolute Gasteiger partial charge is 0.407 e. The highest BCUT2D eigenvalue weighted by Crippen LogP contribution is 2.44. The van der Waals surface area contributed by atoms with E-state index in [4.69, 9.17) is 14.2 Å². The Morgan fingerprint density at radius 3 is 2.13 bits per heavy atom. The highest BCUT2D eigenvalue weighted by Gasteiger charge is 2.53. The fourth-order valence-electron chi connectivity index (χ4n) is 5.29. The minimum absolute atomic E-state index is 0.0774. The molecule has 38 heavy (non-hydrogen) atoms. The van der Waals surface area contributed by atoms with E-state index in [-0.39, 0.29) is 19.1 Å². The lowest BCUT2D eigenvalue weighted by molar-refractivity contribution is -0.158. The van der Waals surface area contributed by atoms with Crippen molar-refractivity contribution in [3.8, 4) is 11.1 Å². The third kappa shape index (κ3) is 5.54. The third-order valence-corrected chi connectivity index (χ3v) is 6.88. The van der Waals surface area contributed by atoms with Gasteiger partial charge in [0.25, 0.3) is 5.91 Å². The molecule has 2 N–H and O–H groups in total. The molecular weight excluding hydrogens is 488 g/mol. The summed E-state index contributed by atoms with van der Waals surface area (Å²) in [6.07, 6.45) is -1.52. The molecule has 1 saturated heterocycles. The fraction of sp³-hybridized carbons (Fsp3) is 0.483. The van der Waals surface area contributed by atoms with E-state index in [1.807, 2.05) is 69.3 Å². The van der Waals surface area contributed by atoms with Crippen LogP contribution < -0.4 is 5.32 Å². The largest absolute Gasteiger partial charge is 0.480 e. The molecule has 1 fully saturated rings. The highest BCUT2D eigenvalue weighted by atomic mass is 16.6. The standard InChI is InChI=1S/C29H36N2O7/c1-17-24(26(33)34)31(29(5,6)38-17)25(32)23(16-37-28(2,3)4)30-27(35)36-15-22-20-13-9-7-11-18(20)19-12-8-10-14-21(19)22/h7-14,17,22-24H,15-16H2,1-6H3,(H,30,35)(H,33,34)/t17-,23+,24+/m1/s1. The maximum Gasteiger partial charge on any atom is 0.407 e. The maximum absolute atomic E-state index is 13.7. The monoisotopic (exact) mass is 524 g/mol. The average Bonchev–Trinajstić information content (AvgIpc) is 3.29. The molecule has 0 aromatic heterocycles. The van der Waals surface area contributed by atoms with Crippen LogP contribution >= 0.6 is 0 Å². The average molecular weight is 525 g/mol. The molecular formula is C29H36N2O7. The number of rotatable bonds is 7. The van der Waals surface area contributed by atoms with Gasteiger partial charge in [0.1, 0.15) is 18.4 Å². The van der Waals surface area contributed by atoms with Crippen LogP contribution in [0.1, 0.15) is 58.6 Å². The SMILES string of the molecule is C[C@H]1OC(C)(C)N(C(=O)[C@H](COC(C)(C)C)NC(=O)OCC2c3ccccc3-c3ccccc32)[C@@H]1C(=O)O. The van der Waals surface area contributed by atoms with E-state index in [1.165, 1.54) is 4.90 Å². The van der Waals surface area contributed by atoms with Gasteiger partial charge in [0.05, 0.1) is 18.3 Å². The van der Waals surface area contributed by atoms with Gasteiger partial charge in [0.2, 0.25) is 0 Å². The van der Waals surface area contributed by atoms with Crippen molar-refractivity contribution in [1.29, 1.82) is 0 Å². The second kappa shape index (κ2) is 10.4. The second-order valence-electron chi connectivity index (χ2n) is 11.2. The van der Waals surface area contributed by atoms with Crippen LogP contribution in [0.4, 0.5) is 4.79 Å². The van der Waals surface area contributed by atoms with E-state index in [0.29, 0.717) is 0 Å². The van der Waals surface area contributed by atoms with Crippen molar-refractivity contribution < 1.29 is 33.7 Å². The van der Waals surface area contributed by atoms with Crippen LogP contribution in [0.15, 0.2) is 48.5 Å². The van der Waals surface area contributed by atoms with Crippen LogP contribution in [-0.4, -0.2) is 70.7 Å². The van der Waals surface area contributed by atoms with Crippen molar-refractivity contribution in [2.75, 3.05) is 13.2 Å². The van der Waals surface area contributed by atoms with Gasteiger partial charge >= 0.3 is 12.1 Å². The summed E-state index contributed by atoms with van der Waals surface area (Å²) in [6.45, 7) is 10.2. The van der Waals surface area contributed by atoms with Crippen LogP contribution in [0, 0.1) is 0 Å². The van der Waals surface area contributed by atoms with Gasteiger partial charge in [-0.05, 0) is 63.8 Å². The lowest BCUT2D eigenvalue weighted by Gasteiger charge is -2.35. The number of nitrogens with one attached hydrogen (secondary N) is 1. The number of hydrogen-bond donors (Lipinski definition) is 2. The van der Waals surface area contributed by atoms with Gasteiger partial charge in [-0.25, -0.2) is 9.59 Å². The minimum Gasteiger partial charge on any atom is -0.480 e. The molecule has 4 rings (SSSR count). The Morgan fingerprint density at radius 2 is 1.61 bits per heavy atom. The van der Waals surface area contributed by atoms with Crippen LogP contribution in [0.3, 0.4) is 0 Å². The van der Waals surface area contributed by atoms with Crippen molar-refractivity contribution in [2.45, 2.75) is 77.0 Å². The first-order valence-electron chi connectivity index (χ1n) is 12.8. The molecule has 0 unspecified atom stereocenters. The van der Waals surface area contributed by atoms with E-state index in [2.05, 4.69) is 5.32 Å². The predicted molar refractivity (Wildman–Crippen MR) is 141 cm³/mol. The third-order valence-electron chi connectivity index (χ3n) is 6.88. The molecule has 2 aromatic rings. The molecule has 1 heterocycles. The van der Waals surface area contributed by atoms with E-state index >= 15 is 0 Å². The lowest BCUT2D eigenvalue weighted by Crippen LogP contribution is -2.59. The number of carboxylic acids is 1. The Kier molecular flexibility index (Phi) is 7.54. The number of fused-ring (bicyclic) bond motifs is 3. The van der Waals surface area contributed by atoms with Crippen molar-refractivity contribution in [3.63, 3.8) is 0 Å². The molecule has 0 radical (unpaired) electrons. The Morgan fingerprint density at radius 1 is 1.05 bits per heavy atom. The van der Waals surface area contributed by atoms with E-state index in [0.717, 1.165) is 22.3 Å². The van der Waals surface area contributed by atoms with Crippen LogP contribution in [0.2, 0.25) is 0 Å². The van der Waals surface area contributed by atoms with Gasteiger partial charge in [-0.1, -0.05) is 48.5 Å². The molecule has 0 bridgehead atoms. The molecule has 1 aliphatic heterocycles. The summed E-state index contributed by atoms with van der Waals surface area (Å²) < 4.78 is 17.2. The Balaban J connectivity index is 1.51. The normalized spacial score (nSPS) is 20.9. The molecule has 2 amide bonds. The number of alkyl carbamates (subject to hydrolysis) is 1. The number of carboxylic acid groups (broad SMARTS) is 1. The zero-order chi connectivity index (χ0) is 27.8. The molecule has 9 heteroatoms. The molecule has 1 aliphatic carbocycles. The Hall–Kier alpha value is -3.43. The summed E-state index contributed by atoms with van der Waals surface area (Å²) in [5.74, 6) is -1.95. The number of carbonyl (C=O) groups excluding carboxylic acids is 2. The maximum atomic E-state index is 13.7. The van der Waals surface area contributed by atoms with Gasteiger partial charge in [-0.3, -0.25) is 9.69 Å². The number of carbonyl (C=O) groups is 3. The van der Waals surface area contributed by atoms with E-state index < -0.39 is 47.5 Å². The first-order chi connectivity index (χ1) is 17.8. The fourth-order valence-corrected chi connectivity index (χ4v) is 5.29. The first-order valence-corrected chi connectivity index (χ1v) is 12.8. The summed E-state index contributed by atoms with van der Waals surface area (Å²) in [7, 11) is 0. The first kappa shape index (κ1) is 27.6. The van der Waals surface area contributed by atoms with Gasteiger partial charge in [-0.2, -0.15) is 0 Å². The molecule has 2 aromatic carbocycles. The molecule has 0 spiro atoms. The molecule has 0 saturated carbocycles. The molecule has 2 aliphatic rings. The van der Waals surface area contributed by atoms with Crippen molar-refractivity contribution in [3.05, 3.63) is 59.7 Å². The number of hydrogen-bond acceptors (Lipinski definition) is 6. The predicted octanol–water partition coefficient (Wildman–Crippen LogP) is 4.15. The van der Waals surface area contributed by atoms with Gasteiger partial charge in [0.15, 0.2) is 6.04 Å². The Labute approximate surface area is 223 Å². The van der Waals surface area contributed by atoms with Gasteiger partial charge in [-0.15, -0.1) is 0 Å². The number of aliphatic carboxylic acids is 1. The highest BCUT2D eigenvalue weighted by molar-refractivity contribution is 5.90. The zero-order valence-electron chi connectivity index (χ0n) is 22.7. The number of nitrogens with zero attached hydrogens (tertiary/aromatic N) is 1. The number of ether oxygens (including phenoxy) is 3. The van der Waals surface area contributed by atoms with E-state index in [1.54, 1.807) is 20.8 Å². The molecule has 204 valence electrons. The minimum atomic E-state index is -1.21. The molecule has 9 nitrogen and oxygen atoms in total. The van der Waals surface area contributed by atoms with Crippen molar-refractivity contribution in [1.82, 2.24) is 10.2 Å².